The van der Waals surface area contributed by atoms with E-state index in [2.05, 4.69) is 52.0 Å². The summed E-state index contributed by atoms with van der Waals surface area (Å²) in [6, 6.07) is 8.62. The number of nitrogens with two attached hydrogens (primary N) is 1. The van der Waals surface area contributed by atoms with Gasteiger partial charge in [0.2, 0.25) is 0 Å². The molecule has 1 saturated carbocycles. The highest BCUT2D eigenvalue weighted by molar-refractivity contribution is 5.42. The van der Waals surface area contributed by atoms with E-state index < -0.39 is 0 Å². The molecule has 0 radical (unpaired) electrons. The lowest BCUT2D eigenvalue weighted by atomic mass is 9.88. The first-order valence-corrected chi connectivity index (χ1v) is 5.77. The third-order valence-corrected chi connectivity index (χ3v) is 3.87. The monoisotopic (exact) mass is 203 g/mol. The Labute approximate surface area is 92.7 Å². The highest BCUT2D eigenvalue weighted by atomic mass is 14.9. The molecule has 0 spiro atoms. The molecule has 82 valence electrons. The largest absolute Gasteiger partial charge is 0.321 e. The summed E-state index contributed by atoms with van der Waals surface area (Å²) < 4.78 is 0. The van der Waals surface area contributed by atoms with Crippen molar-refractivity contribution in [1.82, 2.24) is 0 Å². The van der Waals surface area contributed by atoms with Crippen LogP contribution in [0.3, 0.4) is 0 Å². The van der Waals surface area contributed by atoms with Crippen LogP contribution in [0.25, 0.3) is 0 Å². The molecule has 1 heteroatoms. The van der Waals surface area contributed by atoms with Gasteiger partial charge in [0.05, 0.1) is 0 Å². The Kier molecular flexibility index (Phi) is 2.20. The van der Waals surface area contributed by atoms with E-state index >= 15 is 0 Å². The van der Waals surface area contributed by atoms with Crippen molar-refractivity contribution in [2.45, 2.75) is 45.6 Å². The van der Waals surface area contributed by atoms with Crippen LogP contribution >= 0.6 is 0 Å². The molecule has 1 atom stereocenters. The number of benzene rings is 1. The van der Waals surface area contributed by atoms with E-state index in [1.807, 2.05) is 0 Å². The lowest BCUT2D eigenvalue weighted by molar-refractivity contribution is 0.505. The van der Waals surface area contributed by atoms with Crippen LogP contribution in [-0.2, 0) is 5.54 Å². The summed E-state index contributed by atoms with van der Waals surface area (Å²) in [7, 11) is 0. The first kappa shape index (κ1) is 10.7. The van der Waals surface area contributed by atoms with Crippen molar-refractivity contribution in [2.75, 3.05) is 0 Å². The normalized spacial score (nSPS) is 28.1. The zero-order valence-corrected chi connectivity index (χ0v) is 10.2. The molecule has 15 heavy (non-hydrogen) atoms. The average molecular weight is 203 g/mol. The maximum Gasteiger partial charge on any atom is 0.0470 e. The molecule has 1 aromatic rings. The summed E-state index contributed by atoms with van der Waals surface area (Å²) in [5.41, 5.74) is 9.42. The zero-order chi connectivity index (χ0) is 11.3. The molecule has 0 heterocycles. The fourth-order valence-corrected chi connectivity index (χ4v) is 2.52. The number of hydrogen-bond acceptors (Lipinski definition) is 1. The third kappa shape index (κ3) is 1.50. The van der Waals surface area contributed by atoms with Crippen LogP contribution in [0.4, 0.5) is 0 Å². The van der Waals surface area contributed by atoms with Crippen LogP contribution in [0, 0.1) is 5.41 Å². The molecule has 0 saturated heterocycles. The molecule has 1 nitrogen and oxygen atoms in total. The molecule has 0 amide bonds. The molecular weight excluding hydrogens is 182 g/mol. The number of rotatable bonds is 2. The summed E-state index contributed by atoms with van der Waals surface area (Å²) in [6.45, 7) is 8.98. The van der Waals surface area contributed by atoms with Gasteiger partial charge in [-0.3, -0.25) is 0 Å². The van der Waals surface area contributed by atoms with Crippen molar-refractivity contribution in [3.05, 3.63) is 35.4 Å². The van der Waals surface area contributed by atoms with Crippen LogP contribution in [0.2, 0.25) is 0 Å². The summed E-state index contributed by atoms with van der Waals surface area (Å²) >= 11 is 0. The van der Waals surface area contributed by atoms with Crippen LogP contribution in [0.15, 0.2) is 24.3 Å². The maximum atomic E-state index is 6.48. The Bertz CT molecular complexity index is 379. The van der Waals surface area contributed by atoms with Crippen LogP contribution in [-0.4, -0.2) is 0 Å². The second-order valence-corrected chi connectivity index (χ2v) is 5.77. The van der Waals surface area contributed by atoms with Gasteiger partial charge in [0.15, 0.2) is 0 Å². The van der Waals surface area contributed by atoms with Crippen LogP contribution in [0.5, 0.6) is 0 Å². The first-order chi connectivity index (χ1) is 6.88. The van der Waals surface area contributed by atoms with Crippen LogP contribution < -0.4 is 5.73 Å². The molecule has 2 N–H and O–H groups in total. The minimum Gasteiger partial charge on any atom is -0.321 e. The van der Waals surface area contributed by atoms with E-state index in [0.717, 1.165) is 6.42 Å². The SMILES string of the molecule is CC(C)c1ccccc1C1(N)CC1(C)C. The topological polar surface area (TPSA) is 26.0 Å². The summed E-state index contributed by atoms with van der Waals surface area (Å²) in [5, 5.41) is 0. The highest BCUT2D eigenvalue weighted by Gasteiger charge is 2.60. The molecule has 0 bridgehead atoms. The summed E-state index contributed by atoms with van der Waals surface area (Å²) in [6.07, 6.45) is 1.10. The van der Waals surface area contributed by atoms with Gasteiger partial charge >= 0.3 is 0 Å². The highest BCUT2D eigenvalue weighted by Crippen LogP contribution is 2.61. The average Bonchev–Trinajstić information content (AvgIpc) is 2.67. The Morgan fingerprint density at radius 2 is 1.73 bits per heavy atom. The summed E-state index contributed by atoms with van der Waals surface area (Å²) in [4.78, 5) is 0. The minimum absolute atomic E-state index is 0.0894. The maximum absolute atomic E-state index is 6.48. The third-order valence-electron chi connectivity index (χ3n) is 3.87. The quantitative estimate of drug-likeness (QED) is 0.783. The number of hydrogen-bond donors (Lipinski definition) is 1. The van der Waals surface area contributed by atoms with Crippen LogP contribution in [0.1, 0.15) is 51.2 Å². The lowest BCUT2D eigenvalue weighted by Crippen LogP contribution is -2.27. The van der Waals surface area contributed by atoms with Gasteiger partial charge in [-0.25, -0.2) is 0 Å². The Morgan fingerprint density at radius 1 is 1.20 bits per heavy atom. The molecule has 0 aromatic heterocycles. The van der Waals surface area contributed by atoms with Gasteiger partial charge in [0.25, 0.3) is 0 Å². The van der Waals surface area contributed by atoms with Crippen molar-refractivity contribution in [1.29, 1.82) is 0 Å². The van der Waals surface area contributed by atoms with Crippen molar-refractivity contribution in [3.8, 4) is 0 Å². The Hall–Kier alpha value is -0.820. The van der Waals surface area contributed by atoms with Gasteiger partial charge in [0.1, 0.15) is 0 Å². The van der Waals surface area contributed by atoms with Gasteiger partial charge < -0.3 is 5.73 Å². The second-order valence-electron chi connectivity index (χ2n) is 5.77. The predicted octanol–water partition coefficient (Wildman–Crippen LogP) is 3.39. The van der Waals surface area contributed by atoms with Crippen molar-refractivity contribution in [3.63, 3.8) is 0 Å². The molecule has 1 aromatic carbocycles. The smallest absolute Gasteiger partial charge is 0.0470 e. The van der Waals surface area contributed by atoms with Crippen molar-refractivity contribution >= 4 is 0 Å². The standard InChI is InChI=1S/C14H21N/c1-10(2)11-7-5-6-8-12(11)14(15)9-13(14,3)4/h5-8,10H,9,15H2,1-4H3. The van der Waals surface area contributed by atoms with E-state index in [0.29, 0.717) is 5.92 Å². The predicted molar refractivity (Wildman–Crippen MR) is 64.8 cm³/mol. The molecule has 0 aliphatic heterocycles. The van der Waals surface area contributed by atoms with E-state index in [4.69, 9.17) is 5.73 Å². The minimum atomic E-state index is -0.0894. The Morgan fingerprint density at radius 3 is 2.20 bits per heavy atom. The first-order valence-electron chi connectivity index (χ1n) is 5.77. The van der Waals surface area contributed by atoms with Gasteiger partial charge in [-0.2, -0.15) is 0 Å². The van der Waals surface area contributed by atoms with Gasteiger partial charge in [0, 0.05) is 5.54 Å². The lowest BCUT2D eigenvalue weighted by Gasteiger charge is -2.21. The van der Waals surface area contributed by atoms with Crippen molar-refractivity contribution in [2.24, 2.45) is 11.1 Å². The summed E-state index contributed by atoms with van der Waals surface area (Å²) in [5.74, 6) is 0.554. The van der Waals surface area contributed by atoms with Crippen molar-refractivity contribution < 1.29 is 0 Å². The fraction of sp³-hybridized carbons (Fsp3) is 0.571. The molecule has 1 unspecified atom stereocenters. The molecule has 1 fully saturated rings. The van der Waals surface area contributed by atoms with Gasteiger partial charge in [-0.1, -0.05) is 52.0 Å². The van der Waals surface area contributed by atoms with Gasteiger partial charge in [-0.15, -0.1) is 0 Å². The second kappa shape index (κ2) is 3.08. The molecule has 1 aliphatic carbocycles. The fourth-order valence-electron chi connectivity index (χ4n) is 2.52. The zero-order valence-electron chi connectivity index (χ0n) is 10.2. The van der Waals surface area contributed by atoms with Gasteiger partial charge in [-0.05, 0) is 28.9 Å². The molecule has 1 aliphatic rings. The molecular formula is C14H21N. The van der Waals surface area contributed by atoms with E-state index in [9.17, 15) is 0 Å². The molecule has 2 rings (SSSR count). The van der Waals surface area contributed by atoms with E-state index in [1.165, 1.54) is 11.1 Å². The van der Waals surface area contributed by atoms with E-state index in [-0.39, 0.29) is 11.0 Å². The van der Waals surface area contributed by atoms with E-state index in [1.54, 1.807) is 0 Å². The Balaban J connectivity index is 2.46.